The molecule has 3 nitrogen and oxygen atoms in total. The second kappa shape index (κ2) is 5.19. The van der Waals surface area contributed by atoms with Crippen LogP contribution in [-0.4, -0.2) is 9.78 Å². The van der Waals surface area contributed by atoms with Crippen LogP contribution in [-0.2, 0) is 7.05 Å². The maximum absolute atomic E-state index is 13.4. The molecule has 0 bridgehead atoms. The van der Waals surface area contributed by atoms with E-state index >= 15 is 0 Å². The fraction of sp³-hybridized carbons (Fsp3) is 0.286. The van der Waals surface area contributed by atoms with Gasteiger partial charge in [0, 0.05) is 19.2 Å². The summed E-state index contributed by atoms with van der Waals surface area (Å²) in [6.07, 6.45) is 4.17. The van der Waals surface area contributed by atoms with E-state index in [4.69, 9.17) is 5.26 Å². The van der Waals surface area contributed by atoms with E-state index in [1.165, 1.54) is 0 Å². The van der Waals surface area contributed by atoms with Crippen molar-refractivity contribution >= 4 is 0 Å². The van der Waals surface area contributed by atoms with Crippen molar-refractivity contribution in [2.45, 2.75) is 19.3 Å². The molecule has 5 heteroatoms. The summed E-state index contributed by atoms with van der Waals surface area (Å²) < 4.78 is 28.2. The monoisotopic (exact) mass is 261 g/mol. The third-order valence-electron chi connectivity index (χ3n) is 3.12. The van der Waals surface area contributed by atoms with Crippen molar-refractivity contribution in [3.8, 4) is 6.07 Å². The first-order valence-electron chi connectivity index (χ1n) is 5.94. The predicted octanol–water partition coefficient (Wildman–Crippen LogP) is 3.11. The van der Waals surface area contributed by atoms with Crippen LogP contribution >= 0.6 is 0 Å². The van der Waals surface area contributed by atoms with Crippen molar-refractivity contribution in [3.05, 3.63) is 52.9 Å². The predicted molar refractivity (Wildman–Crippen MR) is 66.4 cm³/mol. The normalized spacial score (nSPS) is 12.2. The zero-order chi connectivity index (χ0) is 14.0. The van der Waals surface area contributed by atoms with Crippen LogP contribution in [0.1, 0.15) is 36.0 Å². The van der Waals surface area contributed by atoms with Gasteiger partial charge in [0.1, 0.15) is 0 Å². The molecule has 2 aromatic rings. The number of aromatic nitrogens is 2. The smallest absolute Gasteiger partial charge is 0.160 e. The Hall–Kier alpha value is -2.22. The van der Waals surface area contributed by atoms with Crippen LogP contribution in [0.25, 0.3) is 0 Å². The van der Waals surface area contributed by atoms with Gasteiger partial charge in [-0.15, -0.1) is 0 Å². The molecule has 0 unspecified atom stereocenters. The van der Waals surface area contributed by atoms with Crippen LogP contribution in [0.5, 0.6) is 0 Å². The van der Waals surface area contributed by atoms with E-state index in [1.807, 2.05) is 19.2 Å². The van der Waals surface area contributed by atoms with E-state index in [0.717, 1.165) is 17.7 Å². The third-order valence-corrected chi connectivity index (χ3v) is 3.12. The van der Waals surface area contributed by atoms with Crippen molar-refractivity contribution in [1.82, 2.24) is 9.78 Å². The number of hydrogen-bond acceptors (Lipinski definition) is 2. The van der Waals surface area contributed by atoms with Crippen LogP contribution in [0.15, 0.2) is 24.5 Å². The average molecular weight is 261 g/mol. The molecule has 98 valence electrons. The first-order chi connectivity index (χ1) is 9.06. The molecule has 0 saturated heterocycles. The van der Waals surface area contributed by atoms with Crippen LogP contribution in [0.2, 0.25) is 0 Å². The van der Waals surface area contributed by atoms with Crippen molar-refractivity contribution in [2.75, 3.05) is 0 Å². The molecule has 0 aliphatic rings. The Bertz CT molecular complexity index is 641. The number of halogens is 2. The highest BCUT2D eigenvalue weighted by Crippen LogP contribution is 2.31. The van der Waals surface area contributed by atoms with E-state index in [0.29, 0.717) is 12.0 Å². The maximum Gasteiger partial charge on any atom is 0.160 e. The average Bonchev–Trinajstić information content (AvgIpc) is 2.81. The molecule has 1 aromatic carbocycles. The van der Waals surface area contributed by atoms with Crippen molar-refractivity contribution in [3.63, 3.8) is 0 Å². The molecule has 1 heterocycles. The van der Waals surface area contributed by atoms with E-state index < -0.39 is 11.6 Å². The van der Waals surface area contributed by atoms with Crippen molar-refractivity contribution in [1.29, 1.82) is 5.26 Å². The first kappa shape index (κ1) is 13.2. The largest absolute Gasteiger partial charge is 0.276 e. The number of benzene rings is 1. The lowest BCUT2D eigenvalue weighted by atomic mass is 9.88. The van der Waals surface area contributed by atoms with Crippen LogP contribution in [0.3, 0.4) is 0 Å². The van der Waals surface area contributed by atoms with Gasteiger partial charge in [-0.3, -0.25) is 4.68 Å². The maximum atomic E-state index is 13.4. The van der Waals surface area contributed by atoms with Gasteiger partial charge in [-0.1, -0.05) is 6.92 Å². The van der Waals surface area contributed by atoms with Gasteiger partial charge in [-0.2, -0.15) is 10.4 Å². The summed E-state index contributed by atoms with van der Waals surface area (Å²) in [7, 11) is 1.78. The molecule has 0 aliphatic carbocycles. The standard InChI is InChI=1S/C14H13F2N3/c1-3-11(10-7-18-19(2)8-10)12-5-14(16)13(15)4-9(12)6-17/h4-5,7-8,11H,3H2,1-2H3/t11-/m0/s1. The molecule has 0 saturated carbocycles. The Morgan fingerprint density at radius 3 is 2.58 bits per heavy atom. The summed E-state index contributed by atoms with van der Waals surface area (Å²) in [5.41, 5.74) is 1.54. The molecule has 0 fully saturated rings. The van der Waals surface area contributed by atoms with Crippen LogP contribution < -0.4 is 0 Å². The minimum absolute atomic E-state index is 0.162. The molecule has 0 radical (unpaired) electrons. The minimum Gasteiger partial charge on any atom is -0.276 e. The van der Waals surface area contributed by atoms with E-state index in [2.05, 4.69) is 5.10 Å². The first-order valence-corrected chi connectivity index (χ1v) is 5.94. The number of nitriles is 1. The molecule has 0 aliphatic heterocycles. The topological polar surface area (TPSA) is 41.6 Å². The van der Waals surface area contributed by atoms with Crippen molar-refractivity contribution < 1.29 is 8.78 Å². The summed E-state index contributed by atoms with van der Waals surface area (Å²) in [6.45, 7) is 1.93. The van der Waals surface area contributed by atoms with Gasteiger partial charge in [0.2, 0.25) is 0 Å². The highest BCUT2D eigenvalue weighted by Gasteiger charge is 2.20. The highest BCUT2D eigenvalue weighted by atomic mass is 19.2. The summed E-state index contributed by atoms with van der Waals surface area (Å²) in [5.74, 6) is -2.10. The molecule has 0 amide bonds. The molecule has 0 spiro atoms. The van der Waals surface area contributed by atoms with Crippen molar-refractivity contribution in [2.24, 2.45) is 7.05 Å². The van der Waals surface area contributed by atoms with Gasteiger partial charge in [0.25, 0.3) is 0 Å². The minimum atomic E-state index is -0.999. The quantitative estimate of drug-likeness (QED) is 0.851. The summed E-state index contributed by atoms with van der Waals surface area (Å²) in [5, 5.41) is 13.1. The molecular formula is C14H13F2N3. The third kappa shape index (κ3) is 2.48. The Kier molecular flexibility index (Phi) is 3.61. The molecule has 1 atom stereocenters. The second-order valence-electron chi connectivity index (χ2n) is 4.37. The molecule has 1 aromatic heterocycles. The molecule has 0 N–H and O–H groups in total. The van der Waals surface area contributed by atoms with E-state index in [9.17, 15) is 8.78 Å². The second-order valence-corrected chi connectivity index (χ2v) is 4.37. The number of aryl methyl sites for hydroxylation is 1. The van der Waals surface area contributed by atoms with Gasteiger partial charge in [0.05, 0.1) is 17.8 Å². The fourth-order valence-corrected chi connectivity index (χ4v) is 2.20. The lowest BCUT2D eigenvalue weighted by Gasteiger charge is -2.15. The lowest BCUT2D eigenvalue weighted by molar-refractivity contribution is 0.505. The molecular weight excluding hydrogens is 248 g/mol. The van der Waals surface area contributed by atoms with E-state index in [-0.39, 0.29) is 11.5 Å². The Balaban J connectivity index is 2.55. The zero-order valence-electron chi connectivity index (χ0n) is 10.7. The number of rotatable bonds is 3. The van der Waals surface area contributed by atoms with Crippen LogP contribution in [0.4, 0.5) is 8.78 Å². The Labute approximate surface area is 110 Å². The highest BCUT2D eigenvalue weighted by molar-refractivity contribution is 5.44. The zero-order valence-corrected chi connectivity index (χ0v) is 10.7. The Morgan fingerprint density at radius 1 is 1.37 bits per heavy atom. The lowest BCUT2D eigenvalue weighted by Crippen LogP contribution is -2.04. The summed E-state index contributed by atoms with van der Waals surface area (Å²) in [4.78, 5) is 0. The fourth-order valence-electron chi connectivity index (χ4n) is 2.20. The Morgan fingerprint density at radius 2 is 2.05 bits per heavy atom. The van der Waals surface area contributed by atoms with Gasteiger partial charge < -0.3 is 0 Å². The van der Waals surface area contributed by atoms with Gasteiger partial charge in [-0.25, -0.2) is 8.78 Å². The van der Waals surface area contributed by atoms with Gasteiger partial charge >= 0.3 is 0 Å². The van der Waals surface area contributed by atoms with E-state index in [1.54, 1.807) is 17.9 Å². The number of nitrogens with zero attached hydrogens (tertiary/aromatic N) is 3. The molecule has 19 heavy (non-hydrogen) atoms. The summed E-state index contributed by atoms with van der Waals surface area (Å²) >= 11 is 0. The van der Waals surface area contributed by atoms with Gasteiger partial charge in [0.15, 0.2) is 11.6 Å². The number of hydrogen-bond donors (Lipinski definition) is 0. The van der Waals surface area contributed by atoms with Gasteiger partial charge in [-0.05, 0) is 29.7 Å². The van der Waals surface area contributed by atoms with Crippen LogP contribution in [0, 0.1) is 23.0 Å². The SMILES string of the molecule is CC[C@@H](c1cnn(C)c1)c1cc(F)c(F)cc1C#N. The summed E-state index contributed by atoms with van der Waals surface area (Å²) in [6, 6.07) is 3.98. The molecule has 2 rings (SSSR count).